The Labute approximate surface area is 75.5 Å². The molecule has 0 saturated heterocycles. The van der Waals surface area contributed by atoms with Crippen LogP contribution >= 0.6 is 0 Å². The number of hydrogen-bond donors (Lipinski definition) is 3. The van der Waals surface area contributed by atoms with Gasteiger partial charge in [-0.2, -0.15) is 0 Å². The van der Waals surface area contributed by atoms with Gasteiger partial charge < -0.3 is 16.6 Å². The lowest BCUT2D eigenvalue weighted by Crippen LogP contribution is -1.91. The molecule has 0 spiro atoms. The number of aliphatic carboxylic acids is 1. The third kappa shape index (κ3) is 2.86. The molecule has 1 aromatic rings. The first-order valence-electron chi connectivity index (χ1n) is 3.65. The van der Waals surface area contributed by atoms with Crippen molar-refractivity contribution in [2.75, 3.05) is 11.5 Å². The SMILES string of the molecule is Nc1cc(N)cc(/C=C/C(=O)O)c1. The van der Waals surface area contributed by atoms with E-state index in [4.69, 9.17) is 16.6 Å². The lowest BCUT2D eigenvalue weighted by Gasteiger charge is -1.98. The van der Waals surface area contributed by atoms with Crippen molar-refractivity contribution >= 4 is 23.4 Å². The van der Waals surface area contributed by atoms with Crippen LogP contribution in [0, 0.1) is 0 Å². The maximum Gasteiger partial charge on any atom is 0.328 e. The van der Waals surface area contributed by atoms with Gasteiger partial charge in [0, 0.05) is 17.5 Å². The standard InChI is InChI=1S/C9H10N2O2/c10-7-3-6(1-2-9(12)13)4-8(11)5-7/h1-5H,10-11H2,(H,12,13)/b2-1+. The fraction of sp³-hybridized carbons (Fsp3) is 0. The van der Waals surface area contributed by atoms with Crippen LogP contribution in [0.4, 0.5) is 11.4 Å². The summed E-state index contributed by atoms with van der Waals surface area (Å²) in [6.45, 7) is 0. The Morgan fingerprint density at radius 2 is 1.77 bits per heavy atom. The summed E-state index contributed by atoms with van der Waals surface area (Å²) in [5, 5.41) is 8.36. The van der Waals surface area contributed by atoms with Gasteiger partial charge in [-0.3, -0.25) is 0 Å². The summed E-state index contributed by atoms with van der Waals surface area (Å²) >= 11 is 0. The van der Waals surface area contributed by atoms with E-state index in [9.17, 15) is 4.79 Å². The Morgan fingerprint density at radius 1 is 1.23 bits per heavy atom. The molecular weight excluding hydrogens is 168 g/mol. The van der Waals surface area contributed by atoms with Crippen molar-refractivity contribution in [2.24, 2.45) is 0 Å². The number of hydrogen-bond acceptors (Lipinski definition) is 3. The third-order valence-electron chi connectivity index (χ3n) is 1.42. The second kappa shape index (κ2) is 3.62. The summed E-state index contributed by atoms with van der Waals surface area (Å²) in [6.07, 6.45) is 2.48. The number of carbonyl (C=O) groups is 1. The van der Waals surface area contributed by atoms with Crippen molar-refractivity contribution in [3.8, 4) is 0 Å². The molecule has 0 atom stereocenters. The van der Waals surface area contributed by atoms with Gasteiger partial charge in [0.25, 0.3) is 0 Å². The Morgan fingerprint density at radius 3 is 2.23 bits per heavy atom. The topological polar surface area (TPSA) is 89.3 Å². The van der Waals surface area contributed by atoms with Crippen molar-refractivity contribution in [3.63, 3.8) is 0 Å². The molecule has 0 amide bonds. The number of carboxylic acid groups (broad SMARTS) is 1. The lowest BCUT2D eigenvalue weighted by atomic mass is 10.1. The molecule has 13 heavy (non-hydrogen) atoms. The Hall–Kier alpha value is -1.97. The Balaban J connectivity index is 2.95. The van der Waals surface area contributed by atoms with Crippen LogP contribution in [0.3, 0.4) is 0 Å². The molecule has 0 bridgehead atoms. The van der Waals surface area contributed by atoms with Gasteiger partial charge in [0.15, 0.2) is 0 Å². The molecule has 0 aliphatic heterocycles. The minimum atomic E-state index is -0.999. The van der Waals surface area contributed by atoms with Crippen LogP contribution in [0.25, 0.3) is 6.08 Å². The molecule has 4 heteroatoms. The molecule has 4 nitrogen and oxygen atoms in total. The normalized spacial score (nSPS) is 10.5. The number of benzene rings is 1. The van der Waals surface area contributed by atoms with Crippen molar-refractivity contribution in [1.29, 1.82) is 0 Å². The summed E-state index contributed by atoms with van der Waals surface area (Å²) < 4.78 is 0. The zero-order chi connectivity index (χ0) is 9.84. The highest BCUT2D eigenvalue weighted by Gasteiger charge is 1.93. The summed E-state index contributed by atoms with van der Waals surface area (Å²) in [7, 11) is 0. The van der Waals surface area contributed by atoms with E-state index in [0.717, 1.165) is 6.08 Å². The van der Waals surface area contributed by atoms with Gasteiger partial charge in [0.2, 0.25) is 0 Å². The van der Waals surface area contributed by atoms with E-state index < -0.39 is 5.97 Å². The van der Waals surface area contributed by atoms with Crippen LogP contribution in [-0.2, 0) is 4.79 Å². The van der Waals surface area contributed by atoms with Gasteiger partial charge in [0.1, 0.15) is 0 Å². The van der Waals surface area contributed by atoms with Crippen molar-refractivity contribution in [3.05, 3.63) is 29.8 Å². The fourth-order valence-corrected chi connectivity index (χ4v) is 0.966. The van der Waals surface area contributed by atoms with E-state index in [2.05, 4.69) is 0 Å². The zero-order valence-corrected chi connectivity index (χ0v) is 6.90. The first-order valence-corrected chi connectivity index (χ1v) is 3.65. The second-order valence-electron chi connectivity index (χ2n) is 2.60. The zero-order valence-electron chi connectivity index (χ0n) is 6.90. The predicted molar refractivity (Wildman–Crippen MR) is 51.9 cm³/mol. The first-order chi connectivity index (χ1) is 6.08. The van der Waals surface area contributed by atoms with Gasteiger partial charge >= 0.3 is 5.97 Å². The summed E-state index contributed by atoms with van der Waals surface area (Å²) in [5.74, 6) is -0.999. The van der Waals surface area contributed by atoms with Crippen LogP contribution in [0.2, 0.25) is 0 Å². The van der Waals surface area contributed by atoms with Gasteiger partial charge in [-0.05, 0) is 29.8 Å². The quantitative estimate of drug-likeness (QED) is 0.464. The van der Waals surface area contributed by atoms with E-state index in [-0.39, 0.29) is 0 Å². The third-order valence-corrected chi connectivity index (χ3v) is 1.42. The van der Waals surface area contributed by atoms with Crippen LogP contribution in [0.1, 0.15) is 5.56 Å². The van der Waals surface area contributed by atoms with Gasteiger partial charge in [-0.1, -0.05) is 0 Å². The molecule has 0 heterocycles. The van der Waals surface area contributed by atoms with Crippen LogP contribution in [0.5, 0.6) is 0 Å². The number of rotatable bonds is 2. The molecule has 0 saturated carbocycles. The number of carboxylic acids is 1. The summed E-state index contributed by atoms with van der Waals surface area (Å²) in [5.41, 5.74) is 12.7. The molecule has 1 rings (SSSR count). The second-order valence-corrected chi connectivity index (χ2v) is 2.60. The number of nitrogen functional groups attached to an aromatic ring is 2. The fourth-order valence-electron chi connectivity index (χ4n) is 0.966. The average molecular weight is 178 g/mol. The molecule has 0 fully saturated rings. The van der Waals surface area contributed by atoms with E-state index in [1.165, 1.54) is 6.08 Å². The number of nitrogens with two attached hydrogens (primary N) is 2. The maximum absolute atomic E-state index is 10.2. The van der Waals surface area contributed by atoms with Crippen molar-refractivity contribution in [2.45, 2.75) is 0 Å². The highest BCUT2D eigenvalue weighted by atomic mass is 16.4. The lowest BCUT2D eigenvalue weighted by molar-refractivity contribution is -0.131. The van der Waals surface area contributed by atoms with Gasteiger partial charge in [0.05, 0.1) is 0 Å². The maximum atomic E-state index is 10.2. The van der Waals surface area contributed by atoms with Crippen LogP contribution in [0.15, 0.2) is 24.3 Å². The van der Waals surface area contributed by atoms with E-state index >= 15 is 0 Å². The van der Waals surface area contributed by atoms with E-state index in [1.807, 2.05) is 0 Å². The minimum absolute atomic E-state index is 0.519. The molecular formula is C9H10N2O2. The molecule has 5 N–H and O–H groups in total. The average Bonchev–Trinajstić information content (AvgIpc) is 1.99. The minimum Gasteiger partial charge on any atom is -0.478 e. The Kier molecular flexibility index (Phi) is 2.54. The van der Waals surface area contributed by atoms with Crippen LogP contribution < -0.4 is 11.5 Å². The van der Waals surface area contributed by atoms with Gasteiger partial charge in [-0.15, -0.1) is 0 Å². The molecule has 0 radical (unpaired) electrons. The number of anilines is 2. The Bertz CT molecular complexity index is 338. The molecule has 0 aliphatic carbocycles. The summed E-state index contributed by atoms with van der Waals surface area (Å²) in [6, 6.07) is 4.91. The first kappa shape index (κ1) is 9.12. The van der Waals surface area contributed by atoms with Gasteiger partial charge in [-0.25, -0.2) is 4.79 Å². The van der Waals surface area contributed by atoms with E-state index in [0.29, 0.717) is 16.9 Å². The predicted octanol–water partition coefficient (Wildman–Crippen LogP) is 0.949. The van der Waals surface area contributed by atoms with Crippen LogP contribution in [-0.4, -0.2) is 11.1 Å². The van der Waals surface area contributed by atoms with Crippen molar-refractivity contribution < 1.29 is 9.90 Å². The largest absolute Gasteiger partial charge is 0.478 e. The molecule has 0 unspecified atom stereocenters. The van der Waals surface area contributed by atoms with Crippen molar-refractivity contribution in [1.82, 2.24) is 0 Å². The highest BCUT2D eigenvalue weighted by Crippen LogP contribution is 2.14. The summed E-state index contributed by atoms with van der Waals surface area (Å²) in [4.78, 5) is 10.2. The molecule has 68 valence electrons. The molecule has 0 aromatic heterocycles. The smallest absolute Gasteiger partial charge is 0.328 e. The van der Waals surface area contributed by atoms with E-state index in [1.54, 1.807) is 18.2 Å². The molecule has 1 aromatic carbocycles. The highest BCUT2D eigenvalue weighted by molar-refractivity contribution is 5.85. The molecule has 0 aliphatic rings. The monoisotopic (exact) mass is 178 g/mol.